The summed E-state index contributed by atoms with van der Waals surface area (Å²) in [5.74, 6) is 0.0640. The number of hydrogen-bond donors (Lipinski definition) is 2. The molecule has 46 heavy (non-hydrogen) atoms. The van der Waals surface area contributed by atoms with Gasteiger partial charge in [-0.05, 0) is 65.2 Å². The molecule has 238 valence electrons. The van der Waals surface area contributed by atoms with Crippen LogP contribution in [0.1, 0.15) is 22.4 Å². The van der Waals surface area contributed by atoms with E-state index in [0.29, 0.717) is 22.3 Å². The Hall–Kier alpha value is -4.55. The monoisotopic (exact) mass is 663 g/mol. The van der Waals surface area contributed by atoms with Gasteiger partial charge in [-0.25, -0.2) is 12.8 Å². The number of anilines is 1. The van der Waals surface area contributed by atoms with Crippen molar-refractivity contribution in [3.05, 3.63) is 124 Å². The summed E-state index contributed by atoms with van der Waals surface area (Å²) >= 11 is 6.05. The summed E-state index contributed by atoms with van der Waals surface area (Å²) in [7, 11) is -1.17. The first-order valence-electron chi connectivity index (χ1n) is 14.1. The van der Waals surface area contributed by atoms with Gasteiger partial charge >= 0.3 is 0 Å². The number of nitrogens with zero attached hydrogens (tertiary/aromatic N) is 2. The van der Waals surface area contributed by atoms with Crippen LogP contribution in [0.3, 0.4) is 0 Å². The summed E-state index contributed by atoms with van der Waals surface area (Å²) in [5.41, 5.74) is 2.10. The molecule has 0 saturated heterocycles. The van der Waals surface area contributed by atoms with Crippen molar-refractivity contribution in [2.75, 3.05) is 19.5 Å². The molecule has 1 aromatic heterocycles. The van der Waals surface area contributed by atoms with Gasteiger partial charge in [-0.15, -0.1) is 0 Å². The summed E-state index contributed by atoms with van der Waals surface area (Å²) in [4.78, 5) is 17.2. The number of aliphatic hydroxyl groups excluding tert-OH is 1. The van der Waals surface area contributed by atoms with Crippen molar-refractivity contribution in [1.29, 1.82) is 0 Å². The molecule has 0 atom stereocenters. The summed E-state index contributed by atoms with van der Waals surface area (Å²) in [6.07, 6.45) is 1.17. The van der Waals surface area contributed by atoms with Crippen LogP contribution in [0.2, 0.25) is 5.02 Å². The number of sulfonamides is 1. The number of carbonyl (C=O) groups excluding carboxylic acids is 1. The van der Waals surface area contributed by atoms with Crippen LogP contribution in [0, 0.1) is 5.82 Å². The molecule has 0 unspecified atom stereocenters. The number of pyridine rings is 1. The predicted molar refractivity (Wildman–Crippen MR) is 174 cm³/mol. The highest BCUT2D eigenvalue weighted by Gasteiger charge is 2.29. The largest absolute Gasteiger partial charge is 0.497 e. The first kappa shape index (κ1) is 32.8. The highest BCUT2D eigenvalue weighted by molar-refractivity contribution is 7.89. The minimum atomic E-state index is -4.27. The summed E-state index contributed by atoms with van der Waals surface area (Å²) in [6, 6.07) is 22.8. The van der Waals surface area contributed by atoms with Gasteiger partial charge in [0.1, 0.15) is 17.3 Å². The normalized spacial score (nSPS) is 11.5. The summed E-state index contributed by atoms with van der Waals surface area (Å²) in [6.45, 7) is -0.423. The molecule has 0 aliphatic carbocycles. The molecule has 0 saturated carbocycles. The average molecular weight is 664 g/mol. The van der Waals surface area contributed by atoms with E-state index in [9.17, 15) is 22.7 Å². The fraction of sp³-hybridized carbons (Fsp3) is 0.176. The van der Waals surface area contributed by atoms with Gasteiger partial charge in [0, 0.05) is 35.7 Å². The molecule has 12 heteroatoms. The molecule has 1 heterocycles. The van der Waals surface area contributed by atoms with Gasteiger partial charge in [-0.1, -0.05) is 48.0 Å². The molecule has 0 aliphatic heterocycles. The number of benzene rings is 4. The minimum absolute atomic E-state index is 0.0203. The Morgan fingerprint density at radius 3 is 2.09 bits per heavy atom. The van der Waals surface area contributed by atoms with Gasteiger partial charge in [0.2, 0.25) is 15.9 Å². The van der Waals surface area contributed by atoms with E-state index in [0.717, 1.165) is 11.1 Å². The van der Waals surface area contributed by atoms with Crippen LogP contribution in [-0.4, -0.2) is 42.9 Å². The maximum Gasteiger partial charge on any atom is 0.244 e. The molecule has 9 nitrogen and oxygen atoms in total. The Kier molecular flexibility index (Phi) is 10.2. The standard InChI is InChI=1S/C34H31ClFN3O6S/c1-44-26-10-6-22(7-11-26)19-39(20-23-8-12-27(45-2)13-9-23)46(42,43)32-18-25(17-29-28(32)14-15-37-31(29)21-40)38-33(41)16-24-4-3-5-30(36)34(24)35/h3-15,17-18,40H,16,19-21H2,1-2H3,(H,38,41). The average Bonchev–Trinajstić information content (AvgIpc) is 3.06. The number of halogens is 2. The van der Waals surface area contributed by atoms with Gasteiger partial charge in [0.25, 0.3) is 0 Å². The van der Waals surface area contributed by atoms with Crippen molar-refractivity contribution < 1.29 is 32.2 Å². The first-order valence-corrected chi connectivity index (χ1v) is 16.0. The SMILES string of the molecule is COc1ccc(CN(Cc2ccc(OC)cc2)S(=O)(=O)c2cc(NC(=O)Cc3cccc(F)c3Cl)cc3c(CO)nccc23)cc1. The molecule has 1 amide bonds. The molecular weight excluding hydrogens is 633 g/mol. The number of methoxy groups -OCH3 is 2. The van der Waals surface area contributed by atoms with E-state index in [1.807, 2.05) is 0 Å². The second-order valence-electron chi connectivity index (χ2n) is 10.4. The van der Waals surface area contributed by atoms with Crippen LogP contribution in [-0.2, 0) is 40.9 Å². The van der Waals surface area contributed by atoms with Crippen LogP contribution in [0.15, 0.2) is 96.0 Å². The van der Waals surface area contributed by atoms with Crippen molar-refractivity contribution in [3.63, 3.8) is 0 Å². The van der Waals surface area contributed by atoms with Crippen LogP contribution in [0.25, 0.3) is 10.8 Å². The summed E-state index contributed by atoms with van der Waals surface area (Å²) in [5, 5.41) is 13.3. The summed E-state index contributed by atoms with van der Waals surface area (Å²) < 4.78 is 55.1. The number of ether oxygens (including phenoxy) is 2. The third-order valence-corrected chi connectivity index (χ3v) is 9.65. The first-order chi connectivity index (χ1) is 22.1. The lowest BCUT2D eigenvalue weighted by molar-refractivity contribution is -0.115. The zero-order valence-electron chi connectivity index (χ0n) is 25.0. The van der Waals surface area contributed by atoms with Crippen molar-refractivity contribution in [1.82, 2.24) is 9.29 Å². The number of fused-ring (bicyclic) bond motifs is 1. The van der Waals surface area contributed by atoms with E-state index in [-0.39, 0.29) is 46.4 Å². The smallest absolute Gasteiger partial charge is 0.244 e. The Morgan fingerprint density at radius 2 is 1.52 bits per heavy atom. The van der Waals surface area contributed by atoms with Crippen molar-refractivity contribution in [2.45, 2.75) is 31.0 Å². The van der Waals surface area contributed by atoms with E-state index in [2.05, 4.69) is 10.3 Å². The molecule has 0 spiro atoms. The Balaban J connectivity index is 1.58. The molecule has 0 radical (unpaired) electrons. The molecule has 5 aromatic rings. The zero-order chi connectivity index (χ0) is 32.8. The lowest BCUT2D eigenvalue weighted by atomic mass is 10.1. The van der Waals surface area contributed by atoms with E-state index in [1.165, 1.54) is 34.8 Å². The molecule has 5 rings (SSSR count). The van der Waals surface area contributed by atoms with Gasteiger partial charge in [-0.2, -0.15) is 4.31 Å². The molecular formula is C34H31ClFN3O6S. The maximum absolute atomic E-state index is 14.6. The van der Waals surface area contributed by atoms with Crippen LogP contribution < -0.4 is 14.8 Å². The molecule has 2 N–H and O–H groups in total. The fourth-order valence-corrected chi connectivity index (χ4v) is 6.86. The number of hydrogen-bond acceptors (Lipinski definition) is 7. The Labute approximate surface area is 271 Å². The second kappa shape index (κ2) is 14.3. The predicted octanol–water partition coefficient (Wildman–Crippen LogP) is 6.11. The van der Waals surface area contributed by atoms with Gasteiger partial charge < -0.3 is 19.9 Å². The van der Waals surface area contributed by atoms with Crippen LogP contribution in [0.4, 0.5) is 10.1 Å². The lowest BCUT2D eigenvalue weighted by Gasteiger charge is -2.24. The van der Waals surface area contributed by atoms with Crippen molar-refractivity contribution in [3.8, 4) is 11.5 Å². The number of rotatable bonds is 12. The van der Waals surface area contributed by atoms with E-state index < -0.39 is 28.4 Å². The lowest BCUT2D eigenvalue weighted by Crippen LogP contribution is -2.30. The van der Waals surface area contributed by atoms with E-state index in [1.54, 1.807) is 74.9 Å². The number of aliphatic hydroxyl groups is 1. The highest BCUT2D eigenvalue weighted by Crippen LogP contribution is 2.33. The van der Waals surface area contributed by atoms with Gasteiger partial charge in [-0.3, -0.25) is 9.78 Å². The number of aromatic nitrogens is 1. The molecule has 4 aromatic carbocycles. The number of amides is 1. The van der Waals surface area contributed by atoms with Crippen LogP contribution in [0.5, 0.6) is 11.5 Å². The third-order valence-electron chi connectivity index (χ3n) is 7.39. The molecule has 0 aliphatic rings. The third kappa shape index (κ3) is 7.29. The maximum atomic E-state index is 14.6. The molecule has 0 bridgehead atoms. The van der Waals surface area contributed by atoms with E-state index in [4.69, 9.17) is 21.1 Å². The zero-order valence-corrected chi connectivity index (χ0v) is 26.6. The highest BCUT2D eigenvalue weighted by atomic mass is 35.5. The van der Waals surface area contributed by atoms with Crippen molar-refractivity contribution in [2.24, 2.45) is 0 Å². The topological polar surface area (TPSA) is 118 Å². The number of carbonyl (C=O) groups is 1. The van der Waals surface area contributed by atoms with E-state index >= 15 is 0 Å². The van der Waals surface area contributed by atoms with Gasteiger partial charge in [0.05, 0.1) is 42.9 Å². The van der Waals surface area contributed by atoms with Gasteiger partial charge in [0.15, 0.2) is 0 Å². The molecule has 0 fully saturated rings. The van der Waals surface area contributed by atoms with Crippen molar-refractivity contribution >= 4 is 44.0 Å². The number of nitrogens with one attached hydrogen (secondary N) is 1. The Morgan fingerprint density at radius 1 is 0.913 bits per heavy atom. The fourth-order valence-electron chi connectivity index (χ4n) is 5.02. The second-order valence-corrected chi connectivity index (χ2v) is 12.7. The quantitative estimate of drug-likeness (QED) is 0.165. The Bertz CT molecular complexity index is 1920. The minimum Gasteiger partial charge on any atom is -0.497 e. The van der Waals surface area contributed by atoms with Crippen LogP contribution >= 0.6 is 11.6 Å².